The fourth-order valence-electron chi connectivity index (χ4n) is 1.64. The molecule has 0 radical (unpaired) electrons. The van der Waals surface area contributed by atoms with Crippen LogP contribution >= 0.6 is 23.2 Å². The molecule has 1 aliphatic rings. The largest absolute Gasteiger partial charge is 0.296 e. The fourth-order valence-corrected chi connectivity index (χ4v) is 3.00. The zero-order valence-electron chi connectivity index (χ0n) is 9.59. The maximum Gasteiger partial charge on any atom is 0.296 e. The molecular weight excluding hydrogens is 315 g/mol. The number of nitrogens with zero attached hydrogens (tertiary/aromatic N) is 2. The highest BCUT2D eigenvalue weighted by Crippen LogP contribution is 2.37. The van der Waals surface area contributed by atoms with Crippen LogP contribution in [0.4, 0.5) is 5.69 Å². The van der Waals surface area contributed by atoms with E-state index in [9.17, 15) is 13.2 Å². The summed E-state index contributed by atoms with van der Waals surface area (Å²) in [5, 5.41) is 4.62. The molecule has 0 bridgehead atoms. The van der Waals surface area contributed by atoms with E-state index in [1.54, 1.807) is 6.92 Å². The van der Waals surface area contributed by atoms with Gasteiger partial charge in [0.1, 0.15) is 4.90 Å². The van der Waals surface area contributed by atoms with Crippen molar-refractivity contribution in [2.45, 2.75) is 18.2 Å². The van der Waals surface area contributed by atoms with E-state index >= 15 is 0 Å². The van der Waals surface area contributed by atoms with Crippen LogP contribution in [-0.2, 0) is 14.9 Å². The number of hydrazone groups is 1. The predicted molar refractivity (Wildman–Crippen MR) is 71.5 cm³/mol. The Morgan fingerprint density at radius 2 is 2.00 bits per heavy atom. The van der Waals surface area contributed by atoms with Crippen molar-refractivity contribution < 1.29 is 17.8 Å². The van der Waals surface area contributed by atoms with Gasteiger partial charge >= 0.3 is 0 Å². The van der Waals surface area contributed by atoms with E-state index in [2.05, 4.69) is 5.10 Å². The Morgan fingerprint density at radius 1 is 1.37 bits per heavy atom. The Labute approximate surface area is 119 Å². The van der Waals surface area contributed by atoms with Gasteiger partial charge in [0.15, 0.2) is 0 Å². The monoisotopic (exact) mass is 322 g/mol. The Balaban J connectivity index is 2.66. The van der Waals surface area contributed by atoms with E-state index in [0.717, 1.165) is 11.1 Å². The van der Waals surface area contributed by atoms with Crippen LogP contribution in [-0.4, -0.2) is 24.6 Å². The quantitative estimate of drug-likeness (QED) is 0.846. The molecule has 1 N–H and O–H groups in total. The van der Waals surface area contributed by atoms with Crippen molar-refractivity contribution >= 4 is 50.6 Å². The van der Waals surface area contributed by atoms with Crippen LogP contribution in [0.2, 0.25) is 10.0 Å². The second-order valence-electron chi connectivity index (χ2n) is 3.93. The second-order valence-corrected chi connectivity index (χ2v) is 6.13. The minimum absolute atomic E-state index is 0.0135. The normalized spacial score (nSPS) is 15.9. The van der Waals surface area contributed by atoms with Crippen molar-refractivity contribution in [3.63, 3.8) is 0 Å². The molecule has 19 heavy (non-hydrogen) atoms. The van der Waals surface area contributed by atoms with E-state index in [0.29, 0.717) is 5.71 Å². The summed E-state index contributed by atoms with van der Waals surface area (Å²) in [7, 11) is -4.54. The summed E-state index contributed by atoms with van der Waals surface area (Å²) in [6, 6.07) is 2.30. The molecule has 1 amide bonds. The van der Waals surface area contributed by atoms with E-state index in [-0.39, 0.29) is 28.1 Å². The third kappa shape index (κ3) is 2.74. The van der Waals surface area contributed by atoms with Gasteiger partial charge in [-0.2, -0.15) is 18.5 Å². The summed E-state index contributed by atoms with van der Waals surface area (Å²) >= 11 is 11.7. The number of benzene rings is 1. The summed E-state index contributed by atoms with van der Waals surface area (Å²) in [5.41, 5.74) is 0.582. The zero-order valence-corrected chi connectivity index (χ0v) is 11.9. The second kappa shape index (κ2) is 4.75. The molecule has 0 unspecified atom stereocenters. The van der Waals surface area contributed by atoms with Gasteiger partial charge in [0.2, 0.25) is 0 Å². The number of carbonyl (C=O) groups is 1. The number of hydrogen-bond donors (Lipinski definition) is 1. The lowest BCUT2D eigenvalue weighted by molar-refractivity contribution is -0.116. The van der Waals surface area contributed by atoms with Gasteiger partial charge in [0.25, 0.3) is 16.0 Å². The first-order valence-corrected chi connectivity index (χ1v) is 7.23. The molecule has 6 nitrogen and oxygen atoms in total. The number of anilines is 1. The van der Waals surface area contributed by atoms with Gasteiger partial charge in [-0.05, 0) is 19.1 Å². The van der Waals surface area contributed by atoms with E-state index in [4.69, 9.17) is 27.8 Å². The van der Waals surface area contributed by atoms with Crippen LogP contribution < -0.4 is 5.01 Å². The first kappa shape index (κ1) is 14.3. The summed E-state index contributed by atoms with van der Waals surface area (Å²) < 4.78 is 31.5. The predicted octanol–water partition coefficient (Wildman–Crippen LogP) is 2.35. The minimum Gasteiger partial charge on any atom is -0.282 e. The third-order valence-corrected chi connectivity index (χ3v) is 4.01. The van der Waals surface area contributed by atoms with Gasteiger partial charge in [0, 0.05) is 10.7 Å². The molecule has 0 aromatic heterocycles. The lowest BCUT2D eigenvalue weighted by Gasteiger charge is -2.15. The summed E-state index contributed by atoms with van der Waals surface area (Å²) in [6.07, 6.45) is 0.115. The SMILES string of the molecule is CC1=NN(c2cc(Cl)cc(S(=O)(=O)O)c2Cl)C(=O)C1. The molecule has 0 saturated carbocycles. The molecule has 102 valence electrons. The van der Waals surface area contributed by atoms with E-state index in [1.165, 1.54) is 6.07 Å². The topological polar surface area (TPSA) is 87.0 Å². The first-order valence-electron chi connectivity index (χ1n) is 5.03. The molecule has 1 aromatic rings. The highest BCUT2D eigenvalue weighted by molar-refractivity contribution is 7.86. The van der Waals surface area contributed by atoms with Crippen molar-refractivity contribution in [3.05, 3.63) is 22.2 Å². The Morgan fingerprint density at radius 3 is 2.47 bits per heavy atom. The Hall–Kier alpha value is -1.15. The highest BCUT2D eigenvalue weighted by Gasteiger charge is 2.28. The summed E-state index contributed by atoms with van der Waals surface area (Å²) in [5.74, 6) is -0.358. The van der Waals surface area contributed by atoms with Crippen LogP contribution in [0, 0.1) is 0 Å². The molecule has 0 spiro atoms. The van der Waals surface area contributed by atoms with Gasteiger partial charge in [0.05, 0.1) is 17.1 Å². The van der Waals surface area contributed by atoms with Crippen LogP contribution in [0.25, 0.3) is 0 Å². The Kier molecular flexibility index (Phi) is 3.57. The summed E-state index contributed by atoms with van der Waals surface area (Å²) in [4.78, 5) is 11.1. The standard InChI is InChI=1S/C10H8Cl2N2O4S/c1-5-2-9(15)14(13-5)7-3-6(11)4-8(10(7)12)19(16,17)18/h3-4H,2H2,1H3,(H,16,17,18). The van der Waals surface area contributed by atoms with Crippen LogP contribution in [0.5, 0.6) is 0 Å². The molecule has 9 heteroatoms. The molecule has 0 fully saturated rings. The minimum atomic E-state index is -4.54. The van der Waals surface area contributed by atoms with Crippen LogP contribution in [0.3, 0.4) is 0 Å². The van der Waals surface area contributed by atoms with E-state index in [1.807, 2.05) is 0 Å². The third-order valence-electron chi connectivity index (χ3n) is 2.40. The number of hydrogen-bond acceptors (Lipinski definition) is 4. The average molecular weight is 323 g/mol. The number of carbonyl (C=O) groups excluding carboxylic acids is 1. The molecule has 1 heterocycles. The van der Waals surface area contributed by atoms with Gasteiger partial charge in [-0.3, -0.25) is 9.35 Å². The summed E-state index contributed by atoms with van der Waals surface area (Å²) in [6.45, 7) is 1.65. The van der Waals surface area contributed by atoms with Crippen molar-refractivity contribution in [3.8, 4) is 0 Å². The van der Waals surface area contributed by atoms with Gasteiger partial charge in [-0.15, -0.1) is 0 Å². The number of halogens is 2. The van der Waals surface area contributed by atoms with Gasteiger partial charge in [-0.25, -0.2) is 0 Å². The highest BCUT2D eigenvalue weighted by atomic mass is 35.5. The Bertz CT molecular complexity index is 700. The maximum absolute atomic E-state index is 11.7. The van der Waals surface area contributed by atoms with Crippen molar-refractivity contribution in [2.75, 3.05) is 5.01 Å². The van der Waals surface area contributed by atoms with Crippen LogP contribution in [0.15, 0.2) is 22.1 Å². The molecule has 0 aliphatic carbocycles. The molecule has 0 saturated heterocycles. The molecule has 1 aromatic carbocycles. The number of rotatable bonds is 2. The fraction of sp³-hybridized carbons (Fsp3) is 0.200. The zero-order chi connectivity index (χ0) is 14.4. The molecule has 2 rings (SSSR count). The van der Waals surface area contributed by atoms with Gasteiger partial charge in [-0.1, -0.05) is 23.2 Å². The first-order chi connectivity index (χ1) is 8.70. The number of amides is 1. The lowest BCUT2D eigenvalue weighted by Crippen LogP contribution is -2.20. The maximum atomic E-state index is 11.7. The lowest BCUT2D eigenvalue weighted by atomic mass is 10.3. The van der Waals surface area contributed by atoms with Crippen LogP contribution in [0.1, 0.15) is 13.3 Å². The van der Waals surface area contributed by atoms with E-state index < -0.39 is 15.0 Å². The smallest absolute Gasteiger partial charge is 0.282 e. The average Bonchev–Trinajstić information content (AvgIpc) is 2.59. The van der Waals surface area contributed by atoms with Crippen molar-refractivity contribution in [1.82, 2.24) is 0 Å². The van der Waals surface area contributed by atoms with Gasteiger partial charge < -0.3 is 0 Å². The van der Waals surface area contributed by atoms with Crippen molar-refractivity contribution in [2.24, 2.45) is 5.10 Å². The molecule has 0 atom stereocenters. The molecule has 1 aliphatic heterocycles. The van der Waals surface area contributed by atoms with Crippen molar-refractivity contribution in [1.29, 1.82) is 0 Å². The molecular formula is C10H8Cl2N2O4S.